The predicted molar refractivity (Wildman–Crippen MR) is 71.7 cm³/mol. The van der Waals surface area contributed by atoms with Crippen molar-refractivity contribution >= 4 is 21.9 Å². The molecular formula is C11H17N3O4S. The zero-order valence-corrected chi connectivity index (χ0v) is 11.9. The highest BCUT2D eigenvalue weighted by Crippen LogP contribution is 2.21. The monoisotopic (exact) mass is 287 g/mol. The number of amides is 1. The molecule has 0 aliphatic heterocycles. The average Bonchev–Trinajstić information content (AvgIpc) is 2.27. The first kappa shape index (κ1) is 15.2. The first-order valence-electron chi connectivity index (χ1n) is 5.65. The van der Waals surface area contributed by atoms with Crippen LogP contribution in [0.5, 0.6) is 0 Å². The van der Waals surface area contributed by atoms with E-state index in [4.69, 9.17) is 5.11 Å². The minimum absolute atomic E-state index is 0.00532. The van der Waals surface area contributed by atoms with E-state index in [0.29, 0.717) is 5.56 Å². The molecule has 0 atom stereocenters. The summed E-state index contributed by atoms with van der Waals surface area (Å²) in [5, 5.41) is 10.8. The van der Waals surface area contributed by atoms with Gasteiger partial charge in [0.25, 0.3) is 0 Å². The first-order chi connectivity index (χ1) is 8.75. The largest absolute Gasteiger partial charge is 0.465 e. The van der Waals surface area contributed by atoms with Crippen LogP contribution < -0.4 is 9.62 Å². The van der Waals surface area contributed by atoms with Crippen molar-refractivity contribution in [1.82, 2.24) is 10.3 Å². The Morgan fingerprint density at radius 2 is 2.16 bits per heavy atom. The summed E-state index contributed by atoms with van der Waals surface area (Å²) < 4.78 is 24.5. The maximum atomic E-state index is 11.7. The lowest BCUT2D eigenvalue weighted by molar-refractivity contribution is 0.194. The third kappa shape index (κ3) is 4.09. The Balaban J connectivity index is 3.22. The van der Waals surface area contributed by atoms with Crippen molar-refractivity contribution in [2.24, 2.45) is 0 Å². The van der Waals surface area contributed by atoms with Gasteiger partial charge in [0.05, 0.1) is 6.26 Å². The van der Waals surface area contributed by atoms with Crippen LogP contribution in [-0.2, 0) is 16.6 Å². The van der Waals surface area contributed by atoms with E-state index in [9.17, 15) is 13.2 Å². The molecule has 0 bridgehead atoms. The van der Waals surface area contributed by atoms with Crippen LogP contribution in [0.1, 0.15) is 18.1 Å². The van der Waals surface area contributed by atoms with Gasteiger partial charge >= 0.3 is 6.09 Å². The second-order valence-electron chi connectivity index (χ2n) is 4.08. The number of pyridine rings is 1. The Hall–Kier alpha value is -1.83. The predicted octanol–water partition coefficient (Wildman–Crippen LogP) is 0.944. The lowest BCUT2D eigenvalue weighted by atomic mass is 10.2. The highest BCUT2D eigenvalue weighted by molar-refractivity contribution is 7.92. The van der Waals surface area contributed by atoms with Gasteiger partial charge in [-0.3, -0.25) is 4.31 Å². The van der Waals surface area contributed by atoms with Crippen molar-refractivity contribution in [2.45, 2.75) is 20.4 Å². The van der Waals surface area contributed by atoms with Gasteiger partial charge < -0.3 is 10.4 Å². The summed E-state index contributed by atoms with van der Waals surface area (Å²) in [6.45, 7) is 3.73. The van der Waals surface area contributed by atoms with Gasteiger partial charge in [0.2, 0.25) is 10.0 Å². The van der Waals surface area contributed by atoms with E-state index in [0.717, 1.165) is 16.1 Å². The molecule has 7 nitrogen and oxygen atoms in total. The molecule has 1 aromatic rings. The van der Waals surface area contributed by atoms with Crippen LogP contribution in [0.4, 0.5) is 10.6 Å². The molecule has 0 fully saturated rings. The molecule has 1 heterocycles. The summed E-state index contributed by atoms with van der Waals surface area (Å²) in [5.74, 6) is 0.254. The number of anilines is 1. The van der Waals surface area contributed by atoms with Gasteiger partial charge in [-0.15, -0.1) is 0 Å². The van der Waals surface area contributed by atoms with Gasteiger partial charge in [-0.25, -0.2) is 18.2 Å². The lowest BCUT2D eigenvalue weighted by Crippen LogP contribution is -2.32. The van der Waals surface area contributed by atoms with E-state index in [2.05, 4.69) is 10.3 Å². The number of aromatic nitrogens is 1. The number of carbonyl (C=O) groups is 1. The Kier molecular flexibility index (Phi) is 4.71. The number of hydrogen-bond donors (Lipinski definition) is 2. The normalized spacial score (nSPS) is 11.1. The van der Waals surface area contributed by atoms with Crippen LogP contribution in [0, 0.1) is 6.92 Å². The van der Waals surface area contributed by atoms with Crippen LogP contribution in [0.25, 0.3) is 0 Å². The summed E-state index contributed by atoms with van der Waals surface area (Å²) in [6, 6.07) is 1.71. The number of nitrogens with zero attached hydrogens (tertiary/aromatic N) is 2. The molecule has 0 saturated heterocycles. The second-order valence-corrected chi connectivity index (χ2v) is 5.99. The van der Waals surface area contributed by atoms with E-state index < -0.39 is 16.1 Å². The molecule has 8 heteroatoms. The molecule has 1 aromatic heterocycles. The molecular weight excluding hydrogens is 270 g/mol. The maximum absolute atomic E-state index is 11.7. The zero-order valence-electron chi connectivity index (χ0n) is 11.0. The summed E-state index contributed by atoms with van der Waals surface area (Å²) in [4.78, 5) is 14.6. The van der Waals surface area contributed by atoms with Gasteiger partial charge in [0, 0.05) is 24.8 Å². The quantitative estimate of drug-likeness (QED) is 0.839. The number of hydrogen-bond acceptors (Lipinski definition) is 4. The average molecular weight is 287 g/mol. The third-order valence-electron chi connectivity index (χ3n) is 2.43. The topological polar surface area (TPSA) is 99.6 Å². The van der Waals surface area contributed by atoms with Crippen LogP contribution >= 0.6 is 0 Å². The minimum atomic E-state index is -3.45. The van der Waals surface area contributed by atoms with E-state index in [1.165, 1.54) is 0 Å². The summed E-state index contributed by atoms with van der Waals surface area (Å²) in [7, 11) is -3.45. The molecule has 106 valence electrons. The van der Waals surface area contributed by atoms with Crippen molar-refractivity contribution in [3.8, 4) is 0 Å². The van der Waals surface area contributed by atoms with Gasteiger partial charge in [0.15, 0.2) is 0 Å². The number of carboxylic acid groups (broad SMARTS) is 1. The van der Waals surface area contributed by atoms with Crippen LogP contribution in [0.15, 0.2) is 12.3 Å². The van der Waals surface area contributed by atoms with Gasteiger partial charge in [0.1, 0.15) is 5.82 Å². The van der Waals surface area contributed by atoms with E-state index in [1.807, 2.05) is 0 Å². The molecule has 2 N–H and O–H groups in total. The van der Waals surface area contributed by atoms with Gasteiger partial charge in [-0.2, -0.15) is 0 Å². The molecule has 1 rings (SSSR count). The Bertz CT molecular complexity index is 571. The van der Waals surface area contributed by atoms with E-state index in [1.54, 1.807) is 26.1 Å². The number of sulfonamides is 1. The smallest absolute Gasteiger partial charge is 0.404 e. The Morgan fingerprint density at radius 3 is 2.63 bits per heavy atom. The van der Waals surface area contributed by atoms with Crippen LogP contribution in [-0.4, -0.2) is 37.4 Å². The molecule has 0 aliphatic carbocycles. The fourth-order valence-electron chi connectivity index (χ4n) is 1.69. The van der Waals surface area contributed by atoms with E-state index >= 15 is 0 Å². The fourth-order valence-corrected chi connectivity index (χ4v) is 2.64. The van der Waals surface area contributed by atoms with Crippen LogP contribution in [0.3, 0.4) is 0 Å². The zero-order chi connectivity index (χ0) is 14.6. The highest BCUT2D eigenvalue weighted by atomic mass is 32.2. The Morgan fingerprint density at radius 1 is 1.53 bits per heavy atom. The van der Waals surface area contributed by atoms with Gasteiger partial charge in [-0.05, 0) is 25.5 Å². The molecule has 0 unspecified atom stereocenters. The molecule has 1 amide bonds. The van der Waals surface area contributed by atoms with Crippen molar-refractivity contribution in [2.75, 3.05) is 17.1 Å². The molecule has 19 heavy (non-hydrogen) atoms. The summed E-state index contributed by atoms with van der Waals surface area (Å²) in [5.41, 5.74) is 1.35. The molecule has 0 aliphatic rings. The van der Waals surface area contributed by atoms with Crippen molar-refractivity contribution < 1.29 is 18.3 Å². The number of rotatable bonds is 5. The summed E-state index contributed by atoms with van der Waals surface area (Å²) >= 11 is 0. The van der Waals surface area contributed by atoms with Crippen molar-refractivity contribution in [3.05, 3.63) is 23.4 Å². The van der Waals surface area contributed by atoms with Crippen LogP contribution in [0.2, 0.25) is 0 Å². The highest BCUT2D eigenvalue weighted by Gasteiger charge is 2.20. The molecule has 0 radical (unpaired) electrons. The lowest BCUT2D eigenvalue weighted by Gasteiger charge is -2.22. The Labute approximate surface area is 112 Å². The fraction of sp³-hybridized carbons (Fsp3) is 0.455. The van der Waals surface area contributed by atoms with E-state index in [-0.39, 0.29) is 18.9 Å². The van der Waals surface area contributed by atoms with Gasteiger partial charge in [-0.1, -0.05) is 0 Å². The number of aryl methyl sites for hydroxylation is 1. The summed E-state index contributed by atoms with van der Waals surface area (Å²) in [6.07, 6.45) is 1.47. The molecule has 0 spiro atoms. The third-order valence-corrected chi connectivity index (χ3v) is 3.67. The minimum Gasteiger partial charge on any atom is -0.465 e. The standard InChI is InChI=1S/C11H17N3O4S/c1-4-14(19(3,17)18)10-9(7-13-11(15)16)5-8(2)6-12-10/h5-6,13H,4,7H2,1-3H3,(H,15,16). The van der Waals surface area contributed by atoms with Crippen molar-refractivity contribution in [3.63, 3.8) is 0 Å². The maximum Gasteiger partial charge on any atom is 0.404 e. The second kappa shape index (κ2) is 5.87. The van der Waals surface area contributed by atoms with Crippen molar-refractivity contribution in [1.29, 1.82) is 0 Å². The molecule has 0 aromatic carbocycles. The molecule has 0 saturated carbocycles. The SMILES string of the molecule is CCN(c1ncc(C)cc1CNC(=O)O)S(C)(=O)=O. The first-order valence-corrected chi connectivity index (χ1v) is 7.50. The number of nitrogens with one attached hydrogen (secondary N) is 1.